The Morgan fingerprint density at radius 3 is 2.66 bits per heavy atom. The number of likely N-dealkylation sites (tertiary alicyclic amines) is 1. The van der Waals surface area contributed by atoms with Crippen LogP contribution in [0.4, 0.5) is 23.8 Å². The average Bonchev–Trinajstić information content (AvgIpc) is 3.37. The first-order chi connectivity index (χ1) is 15.2. The Morgan fingerprint density at radius 1 is 1.22 bits per heavy atom. The summed E-state index contributed by atoms with van der Waals surface area (Å²) < 4.78 is 39.0. The standard InChI is InChI=1S/C19H22F3N9O/c1-3-31-16(12-6-23-11(2)24-7-12)29-14-15(26-10-27-17(14)31)28-13-4-5-30(8-13)18(32)25-9-19(20,21)22/h6-7,10,13H,3-5,8-9H2,1-2H3,(H,25,32)(H,26,27,28). The molecule has 13 heteroatoms. The Bertz CT molecular complexity index is 1110. The molecule has 32 heavy (non-hydrogen) atoms. The molecule has 0 radical (unpaired) electrons. The first-order valence-corrected chi connectivity index (χ1v) is 10.1. The largest absolute Gasteiger partial charge is 0.405 e. The highest BCUT2D eigenvalue weighted by Gasteiger charge is 2.32. The van der Waals surface area contributed by atoms with E-state index in [0.717, 1.165) is 5.56 Å². The van der Waals surface area contributed by atoms with Crippen LogP contribution in [0.1, 0.15) is 19.2 Å². The van der Waals surface area contributed by atoms with Crippen LogP contribution in [0, 0.1) is 6.92 Å². The number of nitrogens with one attached hydrogen (secondary N) is 2. The van der Waals surface area contributed by atoms with Crippen LogP contribution >= 0.6 is 0 Å². The second-order valence-corrected chi connectivity index (χ2v) is 7.44. The highest BCUT2D eigenvalue weighted by atomic mass is 19.4. The fourth-order valence-corrected chi connectivity index (χ4v) is 3.61. The minimum Gasteiger partial charge on any atom is -0.364 e. The molecule has 0 aromatic carbocycles. The van der Waals surface area contributed by atoms with Gasteiger partial charge in [0.05, 0.1) is 5.56 Å². The molecule has 3 aromatic rings. The predicted octanol–water partition coefficient (Wildman–Crippen LogP) is 2.37. The van der Waals surface area contributed by atoms with Gasteiger partial charge in [-0.05, 0) is 20.3 Å². The molecular formula is C19H22F3N9O. The molecule has 4 heterocycles. The summed E-state index contributed by atoms with van der Waals surface area (Å²) in [6.07, 6.45) is 0.946. The number of urea groups is 1. The van der Waals surface area contributed by atoms with Gasteiger partial charge in [-0.25, -0.2) is 29.7 Å². The molecule has 1 fully saturated rings. The summed E-state index contributed by atoms with van der Waals surface area (Å²) in [6, 6.07) is -0.918. The van der Waals surface area contributed by atoms with Crippen LogP contribution in [0.3, 0.4) is 0 Å². The number of rotatable bonds is 5. The molecule has 170 valence electrons. The Morgan fingerprint density at radius 2 is 1.97 bits per heavy atom. The number of hydrogen-bond acceptors (Lipinski definition) is 7. The number of aryl methyl sites for hydroxylation is 2. The molecule has 4 rings (SSSR count). The first kappa shape index (κ1) is 21.7. The van der Waals surface area contributed by atoms with Gasteiger partial charge >= 0.3 is 12.2 Å². The highest BCUT2D eigenvalue weighted by molar-refractivity contribution is 5.86. The van der Waals surface area contributed by atoms with Gasteiger partial charge in [0.1, 0.15) is 24.5 Å². The highest BCUT2D eigenvalue weighted by Crippen LogP contribution is 2.27. The third-order valence-electron chi connectivity index (χ3n) is 5.14. The number of imidazole rings is 1. The summed E-state index contributed by atoms with van der Waals surface area (Å²) in [4.78, 5) is 35.2. The second kappa shape index (κ2) is 8.55. The third-order valence-corrected chi connectivity index (χ3v) is 5.14. The predicted molar refractivity (Wildman–Crippen MR) is 110 cm³/mol. The first-order valence-electron chi connectivity index (χ1n) is 10.1. The van der Waals surface area contributed by atoms with Crippen LogP contribution in [0.2, 0.25) is 0 Å². The second-order valence-electron chi connectivity index (χ2n) is 7.44. The molecule has 2 amide bonds. The van der Waals surface area contributed by atoms with E-state index in [1.54, 1.807) is 19.3 Å². The smallest absolute Gasteiger partial charge is 0.364 e. The van der Waals surface area contributed by atoms with Crippen molar-refractivity contribution in [1.82, 2.24) is 39.7 Å². The van der Waals surface area contributed by atoms with Gasteiger partial charge in [-0.1, -0.05) is 0 Å². The van der Waals surface area contributed by atoms with Gasteiger partial charge in [-0.3, -0.25) is 0 Å². The molecule has 10 nitrogen and oxygen atoms in total. The Balaban J connectivity index is 1.53. The van der Waals surface area contributed by atoms with Gasteiger partial charge in [-0.15, -0.1) is 0 Å². The fourth-order valence-electron chi connectivity index (χ4n) is 3.61. The molecular weight excluding hydrogens is 427 g/mol. The molecule has 1 saturated heterocycles. The minimum atomic E-state index is -4.45. The van der Waals surface area contributed by atoms with Crippen molar-refractivity contribution in [2.24, 2.45) is 0 Å². The lowest BCUT2D eigenvalue weighted by atomic mass is 10.2. The molecule has 0 spiro atoms. The van der Waals surface area contributed by atoms with E-state index in [1.807, 2.05) is 16.8 Å². The molecule has 1 unspecified atom stereocenters. The quantitative estimate of drug-likeness (QED) is 0.615. The van der Waals surface area contributed by atoms with Crippen LogP contribution in [0.15, 0.2) is 18.7 Å². The van der Waals surface area contributed by atoms with Gasteiger partial charge in [-0.2, -0.15) is 13.2 Å². The topological polar surface area (TPSA) is 114 Å². The number of hydrogen-bond donors (Lipinski definition) is 2. The summed E-state index contributed by atoms with van der Waals surface area (Å²) in [5.41, 5.74) is 1.94. The summed E-state index contributed by atoms with van der Waals surface area (Å²) in [6.45, 7) is 3.63. The molecule has 1 atom stereocenters. The van der Waals surface area contributed by atoms with E-state index < -0.39 is 18.8 Å². The zero-order valence-electron chi connectivity index (χ0n) is 17.5. The van der Waals surface area contributed by atoms with E-state index in [1.165, 1.54) is 11.2 Å². The minimum absolute atomic E-state index is 0.178. The van der Waals surface area contributed by atoms with Crippen molar-refractivity contribution in [3.63, 3.8) is 0 Å². The van der Waals surface area contributed by atoms with E-state index in [2.05, 4.69) is 25.3 Å². The molecule has 0 aliphatic carbocycles. The summed E-state index contributed by atoms with van der Waals surface area (Å²) in [5, 5.41) is 5.16. The lowest BCUT2D eigenvalue weighted by Gasteiger charge is -2.18. The summed E-state index contributed by atoms with van der Waals surface area (Å²) in [5.74, 6) is 1.81. The maximum atomic E-state index is 12.3. The van der Waals surface area contributed by atoms with Crippen molar-refractivity contribution < 1.29 is 18.0 Å². The number of fused-ring (bicyclic) bond motifs is 1. The average molecular weight is 449 g/mol. The van der Waals surface area contributed by atoms with Gasteiger partial charge in [0.15, 0.2) is 17.0 Å². The Labute approximate surface area is 181 Å². The fraction of sp³-hybridized carbons (Fsp3) is 0.474. The lowest BCUT2D eigenvalue weighted by Crippen LogP contribution is -2.43. The van der Waals surface area contributed by atoms with Gasteiger partial charge in [0.25, 0.3) is 0 Å². The van der Waals surface area contributed by atoms with Gasteiger partial charge in [0, 0.05) is 38.1 Å². The van der Waals surface area contributed by atoms with Crippen molar-refractivity contribution >= 4 is 23.0 Å². The maximum absolute atomic E-state index is 12.3. The Kier molecular flexibility index (Phi) is 5.80. The van der Waals surface area contributed by atoms with Crippen LogP contribution in [-0.2, 0) is 6.54 Å². The molecule has 1 aliphatic heterocycles. The van der Waals surface area contributed by atoms with Gasteiger partial charge in [0.2, 0.25) is 0 Å². The van der Waals surface area contributed by atoms with Crippen LogP contribution in [0.25, 0.3) is 22.6 Å². The zero-order valence-corrected chi connectivity index (χ0v) is 17.5. The molecule has 3 aromatic heterocycles. The number of amides is 2. The summed E-state index contributed by atoms with van der Waals surface area (Å²) in [7, 11) is 0. The monoisotopic (exact) mass is 449 g/mol. The van der Waals surface area contributed by atoms with Crippen LogP contribution < -0.4 is 10.6 Å². The number of carbonyl (C=O) groups excluding carboxylic acids is 1. The van der Waals surface area contributed by atoms with Crippen molar-refractivity contribution in [3.8, 4) is 11.4 Å². The molecule has 0 bridgehead atoms. The van der Waals surface area contributed by atoms with E-state index >= 15 is 0 Å². The number of nitrogens with zero attached hydrogens (tertiary/aromatic N) is 7. The maximum Gasteiger partial charge on any atom is 0.405 e. The van der Waals surface area contributed by atoms with Crippen molar-refractivity contribution in [2.45, 2.75) is 39.0 Å². The van der Waals surface area contributed by atoms with Gasteiger partial charge < -0.3 is 20.1 Å². The number of alkyl halides is 3. The van der Waals surface area contributed by atoms with E-state index in [0.29, 0.717) is 48.1 Å². The van der Waals surface area contributed by atoms with Crippen LogP contribution in [0.5, 0.6) is 0 Å². The number of carbonyl (C=O) groups is 1. The van der Waals surface area contributed by atoms with Crippen molar-refractivity contribution in [2.75, 3.05) is 25.0 Å². The van der Waals surface area contributed by atoms with Crippen LogP contribution in [-0.4, -0.2) is 72.3 Å². The van der Waals surface area contributed by atoms with E-state index in [-0.39, 0.29) is 12.6 Å². The van der Waals surface area contributed by atoms with Crippen molar-refractivity contribution in [1.29, 1.82) is 0 Å². The normalized spacial score (nSPS) is 16.5. The molecule has 0 saturated carbocycles. The zero-order chi connectivity index (χ0) is 22.9. The third kappa shape index (κ3) is 4.55. The summed E-state index contributed by atoms with van der Waals surface area (Å²) >= 11 is 0. The SMILES string of the molecule is CCn1c(-c2cnc(C)nc2)nc2c(NC3CCN(C(=O)NCC(F)(F)F)C3)ncnc21. The molecule has 1 aliphatic rings. The van der Waals surface area contributed by atoms with E-state index in [4.69, 9.17) is 4.98 Å². The number of anilines is 1. The van der Waals surface area contributed by atoms with E-state index in [9.17, 15) is 18.0 Å². The van der Waals surface area contributed by atoms with Crippen molar-refractivity contribution in [3.05, 3.63) is 24.5 Å². The lowest BCUT2D eigenvalue weighted by molar-refractivity contribution is -0.123. The number of aromatic nitrogens is 6. The number of halogens is 3. The Hall–Kier alpha value is -3.51. The molecule has 2 N–H and O–H groups in total.